The fraction of sp³-hybridized carbons (Fsp3) is 0.286. The standard InChI is InChI=1S/C14H14F4N4O3/c15-7-1-3-8(4-2-7)22-10(19)9(5-20-22)11(24)21-13(18)14(25,6-23)12(16)17/h1-5,12-13,23,25H,6,19H2,(H,21,24). The third kappa shape index (κ3) is 3.56. The van der Waals surface area contributed by atoms with Crippen molar-refractivity contribution in [2.75, 3.05) is 12.3 Å². The van der Waals surface area contributed by atoms with E-state index >= 15 is 0 Å². The summed E-state index contributed by atoms with van der Waals surface area (Å²) in [6.45, 7) is -1.61. The smallest absolute Gasteiger partial charge is 0.273 e. The fourth-order valence-electron chi connectivity index (χ4n) is 1.90. The number of carbonyl (C=O) groups is 1. The van der Waals surface area contributed by atoms with Crippen LogP contribution in [0.3, 0.4) is 0 Å². The Morgan fingerprint density at radius 1 is 1.32 bits per heavy atom. The van der Waals surface area contributed by atoms with Crippen molar-refractivity contribution < 1.29 is 32.6 Å². The van der Waals surface area contributed by atoms with Gasteiger partial charge < -0.3 is 21.3 Å². The number of benzene rings is 1. The highest BCUT2D eigenvalue weighted by Crippen LogP contribution is 2.22. The lowest BCUT2D eigenvalue weighted by molar-refractivity contribution is -0.166. The normalized spacial score (nSPS) is 15.0. The third-order valence-electron chi connectivity index (χ3n) is 3.45. The van der Waals surface area contributed by atoms with E-state index in [4.69, 9.17) is 10.8 Å². The molecule has 11 heteroatoms. The first-order valence-corrected chi connectivity index (χ1v) is 6.86. The molecule has 0 saturated heterocycles. The quantitative estimate of drug-likeness (QED) is 0.444. The topological polar surface area (TPSA) is 113 Å². The van der Waals surface area contributed by atoms with Crippen LogP contribution in [0.15, 0.2) is 30.5 Å². The minimum atomic E-state index is -3.65. The highest BCUT2D eigenvalue weighted by atomic mass is 19.3. The van der Waals surface area contributed by atoms with Gasteiger partial charge in [0.2, 0.25) is 6.30 Å². The largest absolute Gasteiger partial charge is 0.393 e. The zero-order valence-corrected chi connectivity index (χ0v) is 12.5. The van der Waals surface area contributed by atoms with E-state index < -0.39 is 36.7 Å². The summed E-state index contributed by atoms with van der Waals surface area (Å²) in [6.07, 6.45) is -5.66. The van der Waals surface area contributed by atoms with E-state index in [9.17, 15) is 27.5 Å². The molecule has 0 spiro atoms. The summed E-state index contributed by atoms with van der Waals surface area (Å²) in [5, 5.41) is 23.4. The van der Waals surface area contributed by atoms with Crippen LogP contribution < -0.4 is 11.1 Å². The number of carbonyl (C=O) groups excluding carboxylic acids is 1. The molecule has 0 saturated carbocycles. The number of nitrogens with one attached hydrogen (secondary N) is 1. The van der Waals surface area contributed by atoms with Crippen molar-refractivity contribution in [2.45, 2.75) is 18.3 Å². The Morgan fingerprint density at radius 3 is 2.44 bits per heavy atom. The maximum atomic E-state index is 13.8. The molecule has 0 aliphatic rings. The van der Waals surface area contributed by atoms with Gasteiger partial charge in [-0.1, -0.05) is 0 Å². The molecule has 0 bridgehead atoms. The first kappa shape index (κ1) is 18.7. The molecular weight excluding hydrogens is 348 g/mol. The van der Waals surface area contributed by atoms with Crippen LogP contribution in [-0.4, -0.2) is 50.8 Å². The molecule has 136 valence electrons. The molecule has 7 nitrogen and oxygen atoms in total. The Hall–Kier alpha value is -2.66. The Balaban J connectivity index is 2.22. The van der Waals surface area contributed by atoms with Crippen LogP contribution in [0.5, 0.6) is 0 Å². The molecular formula is C14H14F4N4O3. The maximum absolute atomic E-state index is 13.8. The number of halogens is 4. The fourth-order valence-corrected chi connectivity index (χ4v) is 1.90. The number of nitrogens with zero attached hydrogens (tertiary/aromatic N) is 2. The van der Waals surface area contributed by atoms with Crippen molar-refractivity contribution in [1.82, 2.24) is 15.1 Å². The molecule has 1 amide bonds. The molecule has 1 heterocycles. The first-order chi connectivity index (χ1) is 11.7. The van der Waals surface area contributed by atoms with E-state index in [1.54, 1.807) is 0 Å². The lowest BCUT2D eigenvalue weighted by Crippen LogP contribution is -2.57. The number of hydrogen-bond donors (Lipinski definition) is 4. The van der Waals surface area contributed by atoms with E-state index in [-0.39, 0.29) is 11.4 Å². The zero-order valence-electron chi connectivity index (χ0n) is 12.5. The summed E-state index contributed by atoms with van der Waals surface area (Å²) in [6, 6.07) is 4.88. The Kier molecular flexibility index (Phi) is 5.28. The molecule has 0 fully saturated rings. The van der Waals surface area contributed by atoms with E-state index in [1.807, 2.05) is 0 Å². The number of alkyl halides is 3. The van der Waals surface area contributed by atoms with Crippen molar-refractivity contribution in [3.63, 3.8) is 0 Å². The molecule has 1 aromatic carbocycles. The average molecular weight is 362 g/mol. The molecule has 5 N–H and O–H groups in total. The number of hydrogen-bond acceptors (Lipinski definition) is 5. The number of nitrogen functional groups attached to an aromatic ring is 1. The number of aliphatic hydroxyl groups is 2. The molecule has 0 aliphatic carbocycles. The highest BCUT2D eigenvalue weighted by Gasteiger charge is 2.47. The van der Waals surface area contributed by atoms with Crippen LogP contribution in [0, 0.1) is 5.82 Å². The van der Waals surface area contributed by atoms with Crippen LogP contribution in [0.25, 0.3) is 5.69 Å². The SMILES string of the molecule is Nc1c(C(=O)NC(F)C(O)(CO)C(F)F)cnn1-c1ccc(F)cc1. The van der Waals surface area contributed by atoms with Crippen molar-refractivity contribution in [2.24, 2.45) is 0 Å². The lowest BCUT2D eigenvalue weighted by atomic mass is 10.1. The Labute approximate surface area is 138 Å². The van der Waals surface area contributed by atoms with Gasteiger partial charge in [0.05, 0.1) is 18.5 Å². The van der Waals surface area contributed by atoms with Gasteiger partial charge in [0.1, 0.15) is 17.2 Å². The van der Waals surface area contributed by atoms with Gasteiger partial charge in [0.15, 0.2) is 5.60 Å². The third-order valence-corrected chi connectivity index (χ3v) is 3.45. The van der Waals surface area contributed by atoms with Gasteiger partial charge in [0.25, 0.3) is 12.3 Å². The zero-order chi connectivity index (χ0) is 18.8. The summed E-state index contributed by atoms with van der Waals surface area (Å²) in [4.78, 5) is 12.0. The van der Waals surface area contributed by atoms with Crippen LogP contribution in [0.1, 0.15) is 10.4 Å². The molecule has 25 heavy (non-hydrogen) atoms. The second-order valence-electron chi connectivity index (χ2n) is 5.12. The minimum Gasteiger partial charge on any atom is -0.393 e. The van der Waals surface area contributed by atoms with E-state index in [0.717, 1.165) is 23.0 Å². The summed E-state index contributed by atoms with van der Waals surface area (Å²) in [5.41, 5.74) is 2.19. The van der Waals surface area contributed by atoms with Gasteiger partial charge in [-0.3, -0.25) is 4.79 Å². The number of nitrogens with two attached hydrogens (primary N) is 1. The predicted molar refractivity (Wildman–Crippen MR) is 78.3 cm³/mol. The van der Waals surface area contributed by atoms with Gasteiger partial charge >= 0.3 is 0 Å². The Bertz CT molecular complexity index is 753. The molecule has 0 aliphatic heterocycles. The van der Waals surface area contributed by atoms with Crippen LogP contribution in [0.2, 0.25) is 0 Å². The van der Waals surface area contributed by atoms with Gasteiger partial charge in [-0.15, -0.1) is 0 Å². The van der Waals surface area contributed by atoms with Crippen LogP contribution in [-0.2, 0) is 0 Å². The minimum absolute atomic E-state index is 0.263. The molecule has 2 atom stereocenters. The van der Waals surface area contributed by atoms with E-state index in [1.165, 1.54) is 17.4 Å². The van der Waals surface area contributed by atoms with Gasteiger partial charge in [-0.05, 0) is 24.3 Å². The molecule has 0 radical (unpaired) electrons. The van der Waals surface area contributed by atoms with Crippen LogP contribution >= 0.6 is 0 Å². The second kappa shape index (κ2) is 7.07. The van der Waals surface area contributed by atoms with Gasteiger partial charge in [0, 0.05) is 0 Å². The number of aromatic nitrogens is 2. The summed E-state index contributed by atoms with van der Waals surface area (Å²) < 4.78 is 53.1. The Morgan fingerprint density at radius 2 is 1.92 bits per heavy atom. The maximum Gasteiger partial charge on any atom is 0.273 e. The number of rotatable bonds is 6. The van der Waals surface area contributed by atoms with Crippen molar-refractivity contribution in [1.29, 1.82) is 0 Å². The second-order valence-corrected chi connectivity index (χ2v) is 5.12. The number of anilines is 1. The molecule has 2 rings (SSSR count). The van der Waals surface area contributed by atoms with Gasteiger partial charge in [-0.2, -0.15) is 5.10 Å². The lowest BCUT2D eigenvalue weighted by Gasteiger charge is -2.28. The first-order valence-electron chi connectivity index (χ1n) is 6.86. The highest BCUT2D eigenvalue weighted by molar-refractivity contribution is 5.98. The van der Waals surface area contributed by atoms with E-state index in [2.05, 4.69) is 5.10 Å². The molecule has 2 unspecified atom stereocenters. The molecule has 1 aromatic heterocycles. The van der Waals surface area contributed by atoms with Gasteiger partial charge in [-0.25, -0.2) is 22.2 Å². The summed E-state index contributed by atoms with van der Waals surface area (Å²) in [7, 11) is 0. The van der Waals surface area contributed by atoms with Crippen molar-refractivity contribution >= 4 is 11.7 Å². The number of aliphatic hydroxyl groups excluding tert-OH is 1. The van der Waals surface area contributed by atoms with Crippen molar-refractivity contribution in [3.8, 4) is 5.69 Å². The molecule has 2 aromatic rings. The van der Waals surface area contributed by atoms with E-state index in [0.29, 0.717) is 5.69 Å². The predicted octanol–water partition coefficient (Wildman–Crippen LogP) is 0.607. The summed E-state index contributed by atoms with van der Waals surface area (Å²) in [5.74, 6) is -2.00. The average Bonchev–Trinajstić information content (AvgIpc) is 2.96. The van der Waals surface area contributed by atoms with Crippen molar-refractivity contribution in [3.05, 3.63) is 41.8 Å². The number of amides is 1. The summed E-state index contributed by atoms with van der Waals surface area (Å²) >= 11 is 0. The monoisotopic (exact) mass is 362 g/mol. The van der Waals surface area contributed by atoms with Crippen LogP contribution in [0.4, 0.5) is 23.4 Å².